The number of rotatable bonds is 11. The number of hydrogen-bond acceptors (Lipinski definition) is 10. The normalized spacial score (nSPS) is 26.5. The number of nitrogens with zero attached hydrogens (tertiary/aromatic N) is 2. The highest BCUT2D eigenvalue weighted by molar-refractivity contribution is 9.10. The predicted molar refractivity (Wildman–Crippen MR) is 123 cm³/mol. The van der Waals surface area contributed by atoms with Crippen LogP contribution < -0.4 is 20.1 Å². The van der Waals surface area contributed by atoms with Crippen molar-refractivity contribution in [2.45, 2.75) is 36.6 Å². The van der Waals surface area contributed by atoms with Crippen molar-refractivity contribution in [3.8, 4) is 11.6 Å². The molecule has 0 aliphatic carbocycles. The molecule has 1 saturated heterocycles. The highest BCUT2D eigenvalue weighted by Crippen LogP contribution is 2.47. The first-order chi connectivity index (χ1) is 16.4. The van der Waals surface area contributed by atoms with Crippen LogP contribution in [0.2, 0.25) is 0 Å². The molecule has 190 valence electrons. The number of ether oxygens (including phenoxy) is 2. The number of halogens is 3. The van der Waals surface area contributed by atoms with Gasteiger partial charge in [0.1, 0.15) is 28.8 Å². The molecule has 2 heterocycles. The van der Waals surface area contributed by atoms with Crippen LogP contribution in [0.4, 0.5) is 4.39 Å². The number of para-hydroxylation sites is 1. The summed E-state index contributed by atoms with van der Waals surface area (Å²) in [5, 5.41) is 9.73. The molecule has 0 saturated carbocycles. The molecule has 1 amide bonds. The van der Waals surface area contributed by atoms with Crippen molar-refractivity contribution >= 4 is 47.5 Å². The van der Waals surface area contributed by atoms with E-state index in [1.807, 2.05) is 0 Å². The fourth-order valence-corrected chi connectivity index (χ4v) is 4.81. The van der Waals surface area contributed by atoms with E-state index < -0.39 is 61.5 Å². The Morgan fingerprint density at radius 3 is 2.80 bits per heavy atom. The van der Waals surface area contributed by atoms with Gasteiger partial charge in [0.15, 0.2) is 5.69 Å². The number of carbonyl (C=O) groups is 2. The topological polar surface area (TPSA) is 172 Å². The maximum absolute atomic E-state index is 15.1. The molecule has 0 bridgehead atoms. The highest BCUT2D eigenvalue weighted by Gasteiger charge is 2.59. The van der Waals surface area contributed by atoms with Crippen molar-refractivity contribution < 1.29 is 42.2 Å². The summed E-state index contributed by atoms with van der Waals surface area (Å²) < 4.78 is 49.8. The molecule has 1 unspecified atom stereocenters. The fraction of sp³-hybridized carbons (Fsp3) is 0.368. The largest absolute Gasteiger partial charge is 0.459 e. The number of aromatic nitrogens is 2. The van der Waals surface area contributed by atoms with Crippen LogP contribution >= 0.6 is 35.3 Å². The van der Waals surface area contributed by atoms with E-state index in [1.165, 1.54) is 19.1 Å². The van der Waals surface area contributed by atoms with Gasteiger partial charge in [0, 0.05) is 0 Å². The maximum Gasteiger partial charge on any atom is 0.459 e. The molecule has 1 aromatic carbocycles. The second-order valence-electron chi connectivity index (χ2n) is 7.21. The molecule has 3 rings (SSSR count). The fourth-order valence-electron chi connectivity index (χ4n) is 2.81. The van der Waals surface area contributed by atoms with Crippen LogP contribution in [0, 0.1) is 0 Å². The van der Waals surface area contributed by atoms with Gasteiger partial charge in [-0.25, -0.2) is 24.0 Å². The molecule has 1 fully saturated rings. The SMILES string of the molecule is C[C@H](C=O)NP(=O)(OC[C@H]1O[C@@H](Oc2ncc(Br)nc2C(N)=O)[C@@](F)(Cl)[C@@H]1O)Oc1ccccc1. The molecule has 6 atom stereocenters. The van der Waals surface area contributed by atoms with Gasteiger partial charge in [0.2, 0.25) is 5.88 Å². The van der Waals surface area contributed by atoms with E-state index in [4.69, 9.17) is 35.9 Å². The van der Waals surface area contributed by atoms with E-state index in [-0.39, 0.29) is 10.4 Å². The number of aliphatic hydroxyl groups excluding tert-OH is 1. The number of carbonyl (C=O) groups excluding carboxylic acids is 2. The zero-order valence-corrected chi connectivity index (χ0v) is 21.2. The van der Waals surface area contributed by atoms with Crippen LogP contribution in [-0.2, 0) is 18.6 Å². The number of primary amides is 1. The van der Waals surface area contributed by atoms with Gasteiger partial charge in [0.05, 0.1) is 18.8 Å². The molecule has 16 heteroatoms. The average molecular weight is 598 g/mol. The zero-order chi connectivity index (χ0) is 25.8. The van der Waals surface area contributed by atoms with Crippen molar-refractivity contribution in [2.24, 2.45) is 5.73 Å². The first-order valence-corrected chi connectivity index (χ1v) is 12.6. The first kappa shape index (κ1) is 27.4. The smallest absolute Gasteiger partial charge is 0.441 e. The quantitative estimate of drug-likeness (QED) is 0.197. The van der Waals surface area contributed by atoms with Crippen molar-refractivity contribution in [1.29, 1.82) is 0 Å². The number of aliphatic hydroxyl groups is 1. The van der Waals surface area contributed by atoms with E-state index in [2.05, 4.69) is 31.0 Å². The third-order valence-corrected chi connectivity index (χ3v) is 6.91. The van der Waals surface area contributed by atoms with E-state index >= 15 is 4.39 Å². The number of benzene rings is 1. The molecule has 12 nitrogen and oxygen atoms in total. The van der Waals surface area contributed by atoms with Gasteiger partial charge in [-0.3, -0.25) is 9.32 Å². The van der Waals surface area contributed by atoms with Crippen molar-refractivity contribution in [1.82, 2.24) is 15.1 Å². The van der Waals surface area contributed by atoms with Gasteiger partial charge >= 0.3 is 7.75 Å². The van der Waals surface area contributed by atoms with E-state index in [1.54, 1.807) is 18.2 Å². The van der Waals surface area contributed by atoms with Gasteiger partial charge in [-0.15, -0.1) is 0 Å². The molecular formula is C19H20BrClFN4O8P. The lowest BCUT2D eigenvalue weighted by atomic mass is 10.1. The van der Waals surface area contributed by atoms with E-state index in [0.29, 0.717) is 6.29 Å². The Hall–Kier alpha value is -2.19. The molecule has 35 heavy (non-hydrogen) atoms. The second kappa shape index (κ2) is 11.2. The van der Waals surface area contributed by atoms with Crippen LogP contribution in [0.1, 0.15) is 17.4 Å². The molecule has 0 spiro atoms. The van der Waals surface area contributed by atoms with E-state index in [9.17, 15) is 19.3 Å². The van der Waals surface area contributed by atoms with Crippen LogP contribution in [0.15, 0.2) is 41.1 Å². The number of nitrogens with one attached hydrogen (secondary N) is 1. The summed E-state index contributed by atoms with van der Waals surface area (Å²) in [4.78, 5) is 30.3. The Labute approximate surface area is 212 Å². The summed E-state index contributed by atoms with van der Waals surface area (Å²) in [6.45, 7) is 0.708. The number of alkyl halides is 2. The Kier molecular flexibility index (Phi) is 8.81. The minimum atomic E-state index is -4.21. The molecule has 0 radical (unpaired) electrons. The average Bonchev–Trinajstić information content (AvgIpc) is 3.02. The summed E-state index contributed by atoms with van der Waals surface area (Å²) in [6.07, 6.45) is -3.92. The van der Waals surface area contributed by atoms with Gasteiger partial charge in [0.25, 0.3) is 17.3 Å². The van der Waals surface area contributed by atoms with Gasteiger partial charge in [-0.1, -0.05) is 29.8 Å². The Bertz CT molecular complexity index is 1120. The molecule has 1 aromatic heterocycles. The summed E-state index contributed by atoms with van der Waals surface area (Å²) in [5.74, 6) is -1.37. The van der Waals surface area contributed by atoms with Gasteiger partial charge in [-0.2, -0.15) is 0 Å². The van der Waals surface area contributed by atoms with Crippen molar-refractivity contribution in [3.63, 3.8) is 0 Å². The number of aldehydes is 1. The van der Waals surface area contributed by atoms with Gasteiger partial charge < -0.3 is 29.6 Å². The molecule has 4 N–H and O–H groups in total. The summed E-state index contributed by atoms with van der Waals surface area (Å²) >= 11 is 8.83. The molecule has 1 aliphatic rings. The Morgan fingerprint density at radius 1 is 1.49 bits per heavy atom. The third-order valence-electron chi connectivity index (χ3n) is 4.46. The highest BCUT2D eigenvalue weighted by atomic mass is 79.9. The lowest BCUT2D eigenvalue weighted by Crippen LogP contribution is -2.42. The summed E-state index contributed by atoms with van der Waals surface area (Å²) in [6, 6.07) is 6.98. The monoisotopic (exact) mass is 596 g/mol. The predicted octanol–water partition coefficient (Wildman–Crippen LogP) is 2.09. The minimum absolute atomic E-state index is 0.153. The van der Waals surface area contributed by atoms with Crippen LogP contribution in [-0.4, -0.2) is 63.5 Å². The Balaban J connectivity index is 1.75. The third kappa shape index (κ3) is 6.73. The second-order valence-corrected chi connectivity index (χ2v) is 10.3. The summed E-state index contributed by atoms with van der Waals surface area (Å²) in [7, 11) is -4.21. The molecule has 2 aromatic rings. The molecule has 1 aliphatic heterocycles. The maximum atomic E-state index is 15.1. The summed E-state index contributed by atoms with van der Waals surface area (Å²) in [5.41, 5.74) is 4.79. The zero-order valence-electron chi connectivity index (χ0n) is 17.9. The standard InChI is InChI=1S/C19H20BrClFN4O8P/c1-10(8-27)26-35(30,34-11-5-3-2-4-6-11)31-9-12-15(28)19(21,22)18(32-12)33-17-14(16(23)29)25-13(20)7-24-17/h2-8,10,12,15,18,28H,9H2,1H3,(H2,23,29)(H,26,30)/t10-,12-,15-,18+,19-,35?/m1/s1. The lowest BCUT2D eigenvalue weighted by molar-refractivity contribution is -0.112. The van der Waals surface area contributed by atoms with Crippen LogP contribution in [0.5, 0.6) is 11.6 Å². The molecular weight excluding hydrogens is 578 g/mol. The van der Waals surface area contributed by atoms with Crippen LogP contribution in [0.25, 0.3) is 0 Å². The Morgan fingerprint density at radius 2 is 2.17 bits per heavy atom. The lowest BCUT2D eigenvalue weighted by Gasteiger charge is -2.23. The first-order valence-electron chi connectivity index (χ1n) is 9.88. The number of amides is 1. The number of nitrogens with two attached hydrogens (primary N) is 1. The van der Waals surface area contributed by atoms with Crippen LogP contribution in [0.3, 0.4) is 0 Å². The minimum Gasteiger partial charge on any atom is -0.441 e. The van der Waals surface area contributed by atoms with Crippen molar-refractivity contribution in [3.05, 3.63) is 46.8 Å². The van der Waals surface area contributed by atoms with Gasteiger partial charge in [-0.05, 0) is 35.0 Å². The van der Waals surface area contributed by atoms with Crippen molar-refractivity contribution in [2.75, 3.05) is 6.61 Å². The van der Waals surface area contributed by atoms with E-state index in [0.717, 1.165) is 6.20 Å². The number of hydrogen-bond donors (Lipinski definition) is 3.